The number of thiazole rings is 1. The van der Waals surface area contributed by atoms with E-state index in [0.29, 0.717) is 5.01 Å². The quantitative estimate of drug-likeness (QED) is 0.919. The lowest BCUT2D eigenvalue weighted by molar-refractivity contribution is -0.136. The van der Waals surface area contributed by atoms with E-state index in [1.807, 2.05) is 23.6 Å². The first-order valence-corrected chi connectivity index (χ1v) is 7.81. The largest absolute Gasteiger partial charge is 0.481 e. The number of hydrogen-bond donors (Lipinski definition) is 1. The molecule has 0 saturated carbocycles. The molecule has 0 aromatic carbocycles. The van der Waals surface area contributed by atoms with Crippen LogP contribution in [0.5, 0.6) is 0 Å². The van der Waals surface area contributed by atoms with Crippen LogP contribution in [0.3, 0.4) is 0 Å². The summed E-state index contributed by atoms with van der Waals surface area (Å²) in [7, 11) is 3.38. The summed E-state index contributed by atoms with van der Waals surface area (Å²) in [6.07, 6.45) is 3.73. The Morgan fingerprint density at radius 3 is 2.76 bits per heavy atom. The molecule has 1 amide bonds. The molecule has 2 aromatic heterocycles. The number of aliphatic carboxylic acids is 1. The van der Waals surface area contributed by atoms with Gasteiger partial charge in [0.05, 0.1) is 12.1 Å². The van der Waals surface area contributed by atoms with E-state index in [1.165, 1.54) is 27.6 Å². The number of thiophene rings is 1. The summed E-state index contributed by atoms with van der Waals surface area (Å²) in [6.45, 7) is 0. The highest BCUT2D eigenvalue weighted by atomic mass is 32.1. The van der Waals surface area contributed by atoms with E-state index in [1.54, 1.807) is 20.2 Å². The maximum atomic E-state index is 11.7. The third kappa shape index (κ3) is 4.24. The lowest BCUT2D eigenvalue weighted by Gasteiger charge is -2.05. The molecule has 110 valence electrons. The molecule has 2 heterocycles. The SMILES string of the molecule is CN(C)C(=O)c1nc(C=Cc2ccc(CC(=O)O)s2)cs1. The molecule has 7 heteroatoms. The Bertz CT molecular complexity index is 686. The fraction of sp³-hybridized carbons (Fsp3) is 0.214. The molecule has 0 spiro atoms. The third-order valence-electron chi connectivity index (χ3n) is 2.54. The molecule has 0 bridgehead atoms. The van der Waals surface area contributed by atoms with E-state index in [2.05, 4.69) is 4.98 Å². The van der Waals surface area contributed by atoms with Gasteiger partial charge in [0.2, 0.25) is 0 Å². The van der Waals surface area contributed by atoms with E-state index in [9.17, 15) is 9.59 Å². The van der Waals surface area contributed by atoms with Crippen molar-refractivity contribution < 1.29 is 14.7 Å². The van der Waals surface area contributed by atoms with Crippen LogP contribution in [0, 0.1) is 0 Å². The van der Waals surface area contributed by atoms with Gasteiger partial charge in [0.25, 0.3) is 5.91 Å². The Kier molecular flexibility index (Phi) is 4.87. The van der Waals surface area contributed by atoms with Gasteiger partial charge < -0.3 is 10.0 Å². The van der Waals surface area contributed by atoms with Gasteiger partial charge in [-0.15, -0.1) is 22.7 Å². The summed E-state index contributed by atoms with van der Waals surface area (Å²) in [5.41, 5.74) is 0.721. The van der Waals surface area contributed by atoms with Crippen LogP contribution in [0.15, 0.2) is 17.5 Å². The number of hydrogen-bond acceptors (Lipinski definition) is 5. The van der Waals surface area contributed by atoms with Crippen molar-refractivity contribution >= 4 is 46.7 Å². The van der Waals surface area contributed by atoms with Gasteiger partial charge in [0, 0.05) is 29.2 Å². The molecule has 1 N–H and O–H groups in total. The second kappa shape index (κ2) is 6.64. The first kappa shape index (κ1) is 15.4. The minimum Gasteiger partial charge on any atom is -0.481 e. The lowest BCUT2D eigenvalue weighted by atomic mass is 10.3. The molecule has 0 fully saturated rings. The zero-order valence-corrected chi connectivity index (χ0v) is 13.2. The highest BCUT2D eigenvalue weighted by Crippen LogP contribution is 2.20. The highest BCUT2D eigenvalue weighted by molar-refractivity contribution is 7.13. The number of nitrogens with zero attached hydrogens (tertiary/aromatic N) is 2. The summed E-state index contributed by atoms with van der Waals surface area (Å²) in [6, 6.07) is 3.68. The maximum Gasteiger partial charge on any atom is 0.308 e. The van der Waals surface area contributed by atoms with Crippen molar-refractivity contribution in [3.05, 3.63) is 38.0 Å². The van der Waals surface area contributed by atoms with Gasteiger partial charge in [-0.25, -0.2) is 4.98 Å². The number of carbonyl (C=O) groups excluding carboxylic acids is 1. The van der Waals surface area contributed by atoms with Crippen LogP contribution in [0.4, 0.5) is 0 Å². The highest BCUT2D eigenvalue weighted by Gasteiger charge is 2.11. The minimum atomic E-state index is -0.835. The van der Waals surface area contributed by atoms with E-state index in [0.717, 1.165) is 15.4 Å². The first-order chi connectivity index (χ1) is 9.95. The summed E-state index contributed by atoms with van der Waals surface area (Å²) in [5, 5.41) is 11.0. The molecule has 0 aliphatic rings. The molecule has 0 aliphatic carbocycles. The Labute approximate surface area is 130 Å². The van der Waals surface area contributed by atoms with Crippen LogP contribution < -0.4 is 0 Å². The molecular formula is C14H14N2O3S2. The molecular weight excluding hydrogens is 308 g/mol. The standard InChI is InChI=1S/C14H14N2O3S2/c1-16(2)14(19)13-15-9(8-20-13)3-4-10-5-6-11(21-10)7-12(17)18/h3-6,8H,7H2,1-2H3,(H,17,18). The maximum absolute atomic E-state index is 11.7. The van der Waals surface area contributed by atoms with Gasteiger partial charge in [-0.2, -0.15) is 0 Å². The Hall–Kier alpha value is -1.99. The molecule has 5 nitrogen and oxygen atoms in total. The Balaban J connectivity index is 2.06. The number of carbonyl (C=O) groups is 2. The third-order valence-corrected chi connectivity index (χ3v) is 4.44. The molecule has 2 rings (SSSR count). The molecule has 0 aliphatic heterocycles. The smallest absolute Gasteiger partial charge is 0.308 e. The zero-order valence-electron chi connectivity index (χ0n) is 11.6. The minimum absolute atomic E-state index is 0.0384. The van der Waals surface area contributed by atoms with Gasteiger partial charge in [-0.05, 0) is 24.3 Å². The van der Waals surface area contributed by atoms with Crippen molar-refractivity contribution in [3.63, 3.8) is 0 Å². The van der Waals surface area contributed by atoms with Gasteiger partial charge in [-0.1, -0.05) is 0 Å². The van der Waals surface area contributed by atoms with Crippen molar-refractivity contribution in [2.75, 3.05) is 14.1 Å². The normalized spacial score (nSPS) is 11.0. The number of carboxylic acid groups (broad SMARTS) is 1. The van der Waals surface area contributed by atoms with Crippen molar-refractivity contribution in [1.29, 1.82) is 0 Å². The van der Waals surface area contributed by atoms with Crippen LogP contribution in [0.25, 0.3) is 12.2 Å². The molecule has 0 radical (unpaired) electrons. The second-order valence-corrected chi connectivity index (χ2v) is 6.54. The number of carboxylic acids is 1. The molecule has 0 saturated heterocycles. The van der Waals surface area contributed by atoms with Crippen LogP contribution in [-0.2, 0) is 11.2 Å². The predicted molar refractivity (Wildman–Crippen MR) is 84.7 cm³/mol. The van der Waals surface area contributed by atoms with Crippen molar-refractivity contribution in [3.8, 4) is 0 Å². The van der Waals surface area contributed by atoms with E-state index < -0.39 is 5.97 Å². The fourth-order valence-electron chi connectivity index (χ4n) is 1.55. The number of amides is 1. The second-order valence-electron chi connectivity index (χ2n) is 4.49. The number of aromatic nitrogens is 1. The molecule has 2 aromatic rings. The van der Waals surface area contributed by atoms with Crippen LogP contribution in [0.2, 0.25) is 0 Å². The zero-order chi connectivity index (χ0) is 15.4. The monoisotopic (exact) mass is 322 g/mol. The molecule has 0 atom stereocenters. The first-order valence-electron chi connectivity index (χ1n) is 6.11. The summed E-state index contributed by atoms with van der Waals surface area (Å²) in [5.74, 6) is -0.946. The van der Waals surface area contributed by atoms with Gasteiger partial charge >= 0.3 is 5.97 Å². The van der Waals surface area contributed by atoms with Gasteiger partial charge in [-0.3, -0.25) is 9.59 Å². The summed E-state index contributed by atoms with van der Waals surface area (Å²) in [4.78, 5) is 29.9. The fourth-order valence-corrected chi connectivity index (χ4v) is 3.26. The molecule has 21 heavy (non-hydrogen) atoms. The summed E-state index contributed by atoms with van der Waals surface area (Å²) < 4.78 is 0. The van der Waals surface area contributed by atoms with Crippen LogP contribution in [0.1, 0.15) is 25.3 Å². The van der Waals surface area contributed by atoms with E-state index >= 15 is 0 Å². The van der Waals surface area contributed by atoms with Crippen molar-refractivity contribution in [1.82, 2.24) is 9.88 Å². The van der Waals surface area contributed by atoms with E-state index in [-0.39, 0.29) is 12.3 Å². The Morgan fingerprint density at radius 1 is 1.33 bits per heavy atom. The van der Waals surface area contributed by atoms with Crippen LogP contribution in [-0.4, -0.2) is 41.0 Å². The average Bonchev–Trinajstić information content (AvgIpc) is 3.03. The van der Waals surface area contributed by atoms with E-state index in [4.69, 9.17) is 5.11 Å². The Morgan fingerprint density at radius 2 is 2.10 bits per heavy atom. The van der Waals surface area contributed by atoms with Crippen molar-refractivity contribution in [2.45, 2.75) is 6.42 Å². The molecule has 0 unspecified atom stereocenters. The lowest BCUT2D eigenvalue weighted by Crippen LogP contribution is -2.21. The topological polar surface area (TPSA) is 70.5 Å². The van der Waals surface area contributed by atoms with Crippen molar-refractivity contribution in [2.24, 2.45) is 0 Å². The average molecular weight is 322 g/mol. The van der Waals surface area contributed by atoms with Gasteiger partial charge in [0.1, 0.15) is 0 Å². The van der Waals surface area contributed by atoms with Gasteiger partial charge in [0.15, 0.2) is 5.01 Å². The predicted octanol–water partition coefficient (Wildman–Crippen LogP) is 2.70. The summed E-state index contributed by atoms with van der Waals surface area (Å²) >= 11 is 2.74. The van der Waals surface area contributed by atoms with Crippen LogP contribution >= 0.6 is 22.7 Å². The number of rotatable bonds is 5.